The summed E-state index contributed by atoms with van der Waals surface area (Å²) in [4.78, 5) is 42.5. The normalized spacial score (nSPS) is 22.6. The van der Waals surface area contributed by atoms with E-state index in [1.165, 1.54) is 28.0 Å². The molecule has 35 heavy (non-hydrogen) atoms. The Morgan fingerprint density at radius 2 is 1.46 bits per heavy atom. The molecule has 1 saturated heterocycles. The Balaban J connectivity index is 1.65. The molecule has 2 aromatic rings. The van der Waals surface area contributed by atoms with Gasteiger partial charge in [-0.15, -0.1) is 0 Å². The predicted molar refractivity (Wildman–Crippen MR) is 122 cm³/mol. The van der Waals surface area contributed by atoms with Crippen molar-refractivity contribution in [2.45, 2.75) is 50.4 Å². The van der Waals surface area contributed by atoms with Crippen molar-refractivity contribution in [3.05, 3.63) is 71.0 Å². The number of nitrogens with two attached hydrogens (primary N) is 1. The van der Waals surface area contributed by atoms with Gasteiger partial charge in [0, 0.05) is 36.3 Å². The number of nitrogens with zero attached hydrogens (tertiary/aromatic N) is 2. The van der Waals surface area contributed by atoms with E-state index in [1.807, 2.05) is 0 Å². The van der Waals surface area contributed by atoms with E-state index in [2.05, 4.69) is 5.32 Å². The Kier molecular flexibility index (Phi) is 7.39. The summed E-state index contributed by atoms with van der Waals surface area (Å²) in [6.07, 6.45) is 1.80. The zero-order valence-electron chi connectivity index (χ0n) is 19.1. The minimum Gasteiger partial charge on any atom is -0.350 e. The fourth-order valence-electron chi connectivity index (χ4n) is 4.65. The van der Waals surface area contributed by atoms with Crippen LogP contribution in [0.25, 0.3) is 0 Å². The fourth-order valence-corrected chi connectivity index (χ4v) is 4.65. The van der Waals surface area contributed by atoms with Gasteiger partial charge < -0.3 is 20.9 Å². The molecule has 0 spiro atoms. The number of nitrogens with one attached hydrogen (secondary N) is 1. The third-order valence-electron chi connectivity index (χ3n) is 6.50. The monoisotopic (exact) mass is 488 g/mol. The zero-order valence-corrected chi connectivity index (χ0v) is 19.1. The molecule has 1 aliphatic heterocycles. The molecular weight excluding hydrogens is 461 g/mol. The van der Waals surface area contributed by atoms with Gasteiger partial charge in [0.25, 0.3) is 17.7 Å². The molecular formula is C25H27F3N4O3. The maximum absolute atomic E-state index is 13.8. The second-order valence-electron chi connectivity index (χ2n) is 8.98. The first-order chi connectivity index (χ1) is 16.7. The molecule has 10 heteroatoms. The summed E-state index contributed by atoms with van der Waals surface area (Å²) in [7, 11) is 0. The highest BCUT2D eigenvalue weighted by Crippen LogP contribution is 2.23. The molecule has 2 fully saturated rings. The van der Waals surface area contributed by atoms with Gasteiger partial charge in [-0.2, -0.15) is 0 Å². The fraction of sp³-hybridized carbons (Fsp3) is 0.400. The van der Waals surface area contributed by atoms with E-state index < -0.39 is 41.3 Å². The molecule has 1 heterocycles. The van der Waals surface area contributed by atoms with Crippen LogP contribution in [0.5, 0.6) is 0 Å². The average molecular weight is 489 g/mol. The lowest BCUT2D eigenvalue weighted by molar-refractivity contribution is -0.133. The second kappa shape index (κ2) is 10.5. The van der Waals surface area contributed by atoms with E-state index in [1.54, 1.807) is 0 Å². The summed E-state index contributed by atoms with van der Waals surface area (Å²) in [5, 5.41) is 2.92. The largest absolute Gasteiger partial charge is 0.350 e. The van der Waals surface area contributed by atoms with Crippen LogP contribution < -0.4 is 11.1 Å². The van der Waals surface area contributed by atoms with Crippen molar-refractivity contribution in [3.8, 4) is 0 Å². The van der Waals surface area contributed by atoms with Crippen LogP contribution in [-0.4, -0.2) is 58.9 Å². The molecule has 3 N–H and O–H groups in total. The number of hydrogen-bond donors (Lipinski definition) is 2. The summed E-state index contributed by atoms with van der Waals surface area (Å²) in [5.74, 6) is -4.80. The first-order valence-corrected chi connectivity index (χ1v) is 11.6. The Morgan fingerprint density at radius 1 is 0.829 bits per heavy atom. The minimum absolute atomic E-state index is 0.0357. The van der Waals surface area contributed by atoms with Gasteiger partial charge in [-0.1, -0.05) is 6.07 Å². The van der Waals surface area contributed by atoms with Gasteiger partial charge in [0.05, 0.1) is 0 Å². The zero-order chi connectivity index (χ0) is 25.1. The third kappa shape index (κ3) is 5.48. The standard InChI is InChI=1S/C25H27F3N4O3/c26-17-4-1-3-15(13-17)24(34)31-11-2-12-32(25(35)16-5-10-20(27)21(28)14-16)23(31)22(33)30-19-8-6-18(29)7-9-19/h1,3-5,10,13-14,18-19,23H,2,6-9,11-12,29H2,(H,30,33). The van der Waals surface area contributed by atoms with Gasteiger partial charge >= 0.3 is 0 Å². The number of benzene rings is 2. The van der Waals surface area contributed by atoms with Crippen molar-refractivity contribution >= 4 is 17.7 Å². The summed E-state index contributed by atoms with van der Waals surface area (Å²) < 4.78 is 41.1. The smallest absolute Gasteiger partial charge is 0.264 e. The van der Waals surface area contributed by atoms with Crippen LogP contribution in [-0.2, 0) is 4.79 Å². The first-order valence-electron chi connectivity index (χ1n) is 11.6. The molecule has 1 unspecified atom stereocenters. The van der Waals surface area contributed by atoms with Crippen LogP contribution in [0, 0.1) is 17.5 Å². The summed E-state index contributed by atoms with van der Waals surface area (Å²) in [5.41, 5.74) is 5.84. The Labute approximate surface area is 201 Å². The van der Waals surface area contributed by atoms with Crippen LogP contribution in [0.1, 0.15) is 52.8 Å². The average Bonchev–Trinajstić information content (AvgIpc) is 2.85. The van der Waals surface area contributed by atoms with Crippen molar-refractivity contribution < 1.29 is 27.6 Å². The molecule has 0 aromatic heterocycles. The molecule has 4 rings (SSSR count). The van der Waals surface area contributed by atoms with E-state index >= 15 is 0 Å². The van der Waals surface area contributed by atoms with E-state index in [-0.39, 0.29) is 36.3 Å². The second-order valence-corrected chi connectivity index (χ2v) is 8.98. The van der Waals surface area contributed by atoms with Crippen molar-refractivity contribution in [3.63, 3.8) is 0 Å². The Bertz CT molecular complexity index is 1120. The highest BCUT2D eigenvalue weighted by atomic mass is 19.2. The molecule has 2 aromatic carbocycles. The van der Waals surface area contributed by atoms with Gasteiger partial charge in [-0.25, -0.2) is 13.2 Å². The lowest BCUT2D eigenvalue weighted by Gasteiger charge is -2.43. The third-order valence-corrected chi connectivity index (χ3v) is 6.50. The number of carbonyl (C=O) groups excluding carboxylic acids is 3. The molecule has 1 saturated carbocycles. The number of hydrogen-bond acceptors (Lipinski definition) is 4. The van der Waals surface area contributed by atoms with Gasteiger partial charge in [0.2, 0.25) is 0 Å². The van der Waals surface area contributed by atoms with E-state index in [0.29, 0.717) is 19.3 Å². The van der Waals surface area contributed by atoms with E-state index in [0.717, 1.165) is 37.1 Å². The number of amides is 3. The topological polar surface area (TPSA) is 95.7 Å². The molecule has 0 bridgehead atoms. The molecule has 1 aliphatic carbocycles. The maximum Gasteiger partial charge on any atom is 0.264 e. The van der Waals surface area contributed by atoms with Crippen molar-refractivity contribution in [2.24, 2.45) is 5.73 Å². The molecule has 186 valence electrons. The van der Waals surface area contributed by atoms with Crippen molar-refractivity contribution in [1.29, 1.82) is 0 Å². The highest BCUT2D eigenvalue weighted by Gasteiger charge is 2.41. The summed E-state index contributed by atoms with van der Waals surface area (Å²) in [6, 6.07) is 7.71. The summed E-state index contributed by atoms with van der Waals surface area (Å²) in [6.45, 7) is 0.281. The van der Waals surface area contributed by atoms with Gasteiger partial charge in [-0.05, 0) is 68.5 Å². The lowest BCUT2D eigenvalue weighted by atomic mass is 9.91. The van der Waals surface area contributed by atoms with Crippen LogP contribution in [0.2, 0.25) is 0 Å². The lowest BCUT2D eigenvalue weighted by Crippen LogP contribution is -2.64. The molecule has 0 radical (unpaired) electrons. The van der Waals surface area contributed by atoms with Crippen molar-refractivity contribution in [2.75, 3.05) is 13.1 Å². The Hall–Kier alpha value is -3.40. The van der Waals surface area contributed by atoms with Crippen LogP contribution in [0.4, 0.5) is 13.2 Å². The quantitative estimate of drug-likeness (QED) is 0.692. The van der Waals surface area contributed by atoms with E-state index in [9.17, 15) is 27.6 Å². The van der Waals surface area contributed by atoms with Crippen molar-refractivity contribution in [1.82, 2.24) is 15.1 Å². The molecule has 2 aliphatic rings. The van der Waals surface area contributed by atoms with Crippen LogP contribution >= 0.6 is 0 Å². The van der Waals surface area contributed by atoms with Gasteiger partial charge in [0.15, 0.2) is 17.8 Å². The molecule has 7 nitrogen and oxygen atoms in total. The number of halogens is 3. The first kappa shape index (κ1) is 24.7. The SMILES string of the molecule is NC1CCC(NC(=O)C2N(C(=O)c3cccc(F)c3)CCCN2C(=O)c2ccc(F)c(F)c2)CC1. The number of rotatable bonds is 4. The van der Waals surface area contributed by atoms with E-state index in [4.69, 9.17) is 5.73 Å². The maximum atomic E-state index is 13.8. The number of carbonyl (C=O) groups is 3. The molecule has 3 amide bonds. The van der Waals surface area contributed by atoms with Gasteiger partial charge in [-0.3, -0.25) is 14.4 Å². The predicted octanol–water partition coefficient (Wildman–Crippen LogP) is 2.80. The van der Waals surface area contributed by atoms with Gasteiger partial charge in [0.1, 0.15) is 5.82 Å². The summed E-state index contributed by atoms with van der Waals surface area (Å²) >= 11 is 0. The Morgan fingerprint density at radius 3 is 2.06 bits per heavy atom. The van der Waals surface area contributed by atoms with Crippen LogP contribution in [0.3, 0.4) is 0 Å². The van der Waals surface area contributed by atoms with Crippen LogP contribution in [0.15, 0.2) is 42.5 Å². The minimum atomic E-state index is -1.34. The highest BCUT2D eigenvalue weighted by molar-refractivity contribution is 6.01. The molecule has 1 atom stereocenters.